The van der Waals surface area contributed by atoms with Crippen LogP contribution in [0.4, 0.5) is 5.82 Å². The zero-order valence-electron chi connectivity index (χ0n) is 17.7. The third-order valence-corrected chi connectivity index (χ3v) is 5.54. The molecular weight excluding hydrogens is 398 g/mol. The van der Waals surface area contributed by atoms with Crippen LogP contribution in [0.3, 0.4) is 0 Å². The van der Waals surface area contributed by atoms with Crippen molar-refractivity contribution in [2.45, 2.75) is 46.6 Å². The summed E-state index contributed by atoms with van der Waals surface area (Å²) in [6, 6.07) is 9.14. The number of aromatic nitrogens is 3. The lowest BCUT2D eigenvalue weighted by Gasteiger charge is -2.19. The van der Waals surface area contributed by atoms with Gasteiger partial charge in [-0.3, -0.25) is 14.7 Å². The van der Waals surface area contributed by atoms with Crippen LogP contribution in [0.15, 0.2) is 36.5 Å². The van der Waals surface area contributed by atoms with Crippen LogP contribution in [0, 0.1) is 19.8 Å². The van der Waals surface area contributed by atoms with E-state index in [9.17, 15) is 9.59 Å². The third kappa shape index (κ3) is 5.76. The molecule has 30 heavy (non-hydrogen) atoms. The number of H-pyrrole nitrogens is 1. The van der Waals surface area contributed by atoms with Crippen LogP contribution in [0.5, 0.6) is 0 Å². The second kappa shape index (κ2) is 9.67. The summed E-state index contributed by atoms with van der Waals surface area (Å²) in [5.74, 6) is 0.289. The summed E-state index contributed by atoms with van der Waals surface area (Å²) in [6.45, 7) is 8.01. The van der Waals surface area contributed by atoms with Crippen LogP contribution in [0.25, 0.3) is 11.3 Å². The van der Waals surface area contributed by atoms with Crippen molar-refractivity contribution in [1.29, 1.82) is 0 Å². The van der Waals surface area contributed by atoms with E-state index < -0.39 is 6.04 Å². The number of carbonyl (C=O) groups is 2. The van der Waals surface area contributed by atoms with Crippen LogP contribution in [0.1, 0.15) is 35.7 Å². The number of hydrogen-bond donors (Lipinski definition) is 3. The quantitative estimate of drug-likeness (QED) is 0.510. The molecule has 2 amide bonds. The Kier molecular flexibility index (Phi) is 6.99. The molecule has 3 aromatic rings. The Morgan fingerprint density at radius 3 is 2.50 bits per heavy atom. The largest absolute Gasteiger partial charge is 0.344 e. The van der Waals surface area contributed by atoms with E-state index in [0.717, 1.165) is 21.1 Å². The highest BCUT2D eigenvalue weighted by Crippen LogP contribution is 2.28. The zero-order valence-corrected chi connectivity index (χ0v) is 18.5. The maximum absolute atomic E-state index is 12.8. The topological polar surface area (TPSA) is 99.8 Å². The SMILES string of the molecule is Cc1ccc(-c2nc(C)sc2CC(=O)NC(CC(C)C)C(=O)Nc2ccn[nH]2)cc1. The van der Waals surface area contributed by atoms with E-state index in [1.54, 1.807) is 12.3 Å². The first-order valence-electron chi connectivity index (χ1n) is 9.94. The highest BCUT2D eigenvalue weighted by atomic mass is 32.1. The van der Waals surface area contributed by atoms with E-state index in [2.05, 4.69) is 25.8 Å². The maximum atomic E-state index is 12.8. The molecule has 0 bridgehead atoms. The fourth-order valence-electron chi connectivity index (χ4n) is 3.17. The highest BCUT2D eigenvalue weighted by molar-refractivity contribution is 7.12. The predicted molar refractivity (Wildman–Crippen MR) is 119 cm³/mol. The van der Waals surface area contributed by atoms with Crippen molar-refractivity contribution >= 4 is 29.0 Å². The molecule has 158 valence electrons. The Labute approximate surface area is 180 Å². The van der Waals surface area contributed by atoms with Gasteiger partial charge in [0.05, 0.1) is 23.3 Å². The Morgan fingerprint density at radius 1 is 1.13 bits per heavy atom. The zero-order chi connectivity index (χ0) is 21.7. The number of nitrogens with one attached hydrogen (secondary N) is 3. The van der Waals surface area contributed by atoms with Gasteiger partial charge in [-0.25, -0.2) is 4.98 Å². The molecule has 7 nitrogen and oxygen atoms in total. The number of benzene rings is 1. The standard InChI is InChI=1S/C22H27N5O2S/c1-13(2)11-17(22(29)26-19-9-10-23-27-19)25-20(28)12-18-21(24-15(4)30-18)16-7-5-14(3)6-8-16/h5-10,13,17H,11-12H2,1-4H3,(H,25,28)(H2,23,26,27,29). The lowest BCUT2D eigenvalue weighted by molar-refractivity contribution is -0.126. The minimum atomic E-state index is -0.627. The van der Waals surface area contributed by atoms with Gasteiger partial charge in [0.15, 0.2) is 0 Å². The average molecular weight is 426 g/mol. The number of hydrogen-bond acceptors (Lipinski definition) is 5. The minimum absolute atomic E-state index is 0.181. The van der Waals surface area contributed by atoms with Crippen LogP contribution < -0.4 is 10.6 Å². The lowest BCUT2D eigenvalue weighted by atomic mass is 10.0. The summed E-state index contributed by atoms with van der Waals surface area (Å²) in [5, 5.41) is 13.1. The van der Waals surface area contributed by atoms with Crippen LogP contribution in [0.2, 0.25) is 0 Å². The van der Waals surface area contributed by atoms with Gasteiger partial charge in [-0.05, 0) is 26.2 Å². The van der Waals surface area contributed by atoms with E-state index in [0.29, 0.717) is 12.2 Å². The molecule has 0 aliphatic carbocycles. The van der Waals surface area contributed by atoms with Crippen molar-refractivity contribution in [3.05, 3.63) is 52.0 Å². The highest BCUT2D eigenvalue weighted by Gasteiger charge is 2.24. The molecule has 2 aromatic heterocycles. The smallest absolute Gasteiger partial charge is 0.248 e. The molecule has 0 radical (unpaired) electrons. The fourth-order valence-corrected chi connectivity index (χ4v) is 4.12. The molecule has 1 unspecified atom stereocenters. The second-order valence-corrected chi connectivity index (χ2v) is 9.04. The first kappa shape index (κ1) is 21.7. The number of anilines is 1. The van der Waals surface area contributed by atoms with Crippen LogP contribution in [-0.4, -0.2) is 33.0 Å². The van der Waals surface area contributed by atoms with Gasteiger partial charge >= 0.3 is 0 Å². The summed E-state index contributed by atoms with van der Waals surface area (Å²) >= 11 is 1.51. The monoisotopic (exact) mass is 425 g/mol. The van der Waals surface area contributed by atoms with Gasteiger partial charge in [0.2, 0.25) is 11.8 Å². The molecule has 3 N–H and O–H groups in total. The van der Waals surface area contributed by atoms with E-state index in [1.165, 1.54) is 16.9 Å². The summed E-state index contributed by atoms with van der Waals surface area (Å²) in [5.41, 5.74) is 2.99. The molecule has 0 spiro atoms. The molecular formula is C22H27N5O2S. The van der Waals surface area contributed by atoms with Crippen molar-refractivity contribution < 1.29 is 9.59 Å². The Morgan fingerprint density at radius 2 is 1.87 bits per heavy atom. The number of thiazole rings is 1. The van der Waals surface area contributed by atoms with Gasteiger partial charge in [-0.15, -0.1) is 11.3 Å². The molecule has 3 rings (SSSR count). The maximum Gasteiger partial charge on any atom is 0.248 e. The van der Waals surface area contributed by atoms with E-state index in [-0.39, 0.29) is 24.2 Å². The van der Waals surface area contributed by atoms with Gasteiger partial charge in [0, 0.05) is 16.5 Å². The van der Waals surface area contributed by atoms with Crippen molar-refractivity contribution in [3.8, 4) is 11.3 Å². The molecule has 0 aliphatic rings. The second-order valence-electron chi connectivity index (χ2n) is 7.76. The van der Waals surface area contributed by atoms with E-state index in [4.69, 9.17) is 0 Å². The Balaban J connectivity index is 1.72. The summed E-state index contributed by atoms with van der Waals surface area (Å²) < 4.78 is 0. The van der Waals surface area contributed by atoms with Crippen molar-refractivity contribution in [2.24, 2.45) is 5.92 Å². The van der Waals surface area contributed by atoms with Gasteiger partial charge in [-0.2, -0.15) is 5.10 Å². The van der Waals surface area contributed by atoms with Crippen LogP contribution in [-0.2, 0) is 16.0 Å². The number of amides is 2. The lowest BCUT2D eigenvalue weighted by Crippen LogP contribution is -2.45. The molecule has 0 saturated heterocycles. The van der Waals surface area contributed by atoms with Crippen molar-refractivity contribution in [2.75, 3.05) is 5.32 Å². The molecule has 1 aromatic carbocycles. The van der Waals surface area contributed by atoms with Gasteiger partial charge in [-0.1, -0.05) is 43.7 Å². The molecule has 0 saturated carbocycles. The Hall–Kier alpha value is -3.00. The molecule has 0 fully saturated rings. The summed E-state index contributed by atoms with van der Waals surface area (Å²) in [4.78, 5) is 31.0. The molecule has 8 heteroatoms. The van der Waals surface area contributed by atoms with Gasteiger partial charge < -0.3 is 10.6 Å². The fraction of sp³-hybridized carbons (Fsp3) is 0.364. The minimum Gasteiger partial charge on any atom is -0.344 e. The number of rotatable bonds is 8. The number of aryl methyl sites for hydroxylation is 2. The Bertz CT molecular complexity index is 993. The first-order valence-corrected chi connectivity index (χ1v) is 10.8. The van der Waals surface area contributed by atoms with Crippen molar-refractivity contribution in [3.63, 3.8) is 0 Å². The van der Waals surface area contributed by atoms with Crippen LogP contribution >= 0.6 is 11.3 Å². The number of aromatic amines is 1. The predicted octanol–water partition coefficient (Wildman–Crippen LogP) is 3.86. The van der Waals surface area contributed by atoms with Gasteiger partial charge in [0.25, 0.3) is 0 Å². The van der Waals surface area contributed by atoms with Gasteiger partial charge in [0.1, 0.15) is 11.9 Å². The summed E-state index contributed by atoms with van der Waals surface area (Å²) in [7, 11) is 0. The third-order valence-electron chi connectivity index (χ3n) is 4.57. The number of nitrogens with zero attached hydrogens (tertiary/aromatic N) is 2. The summed E-state index contributed by atoms with van der Waals surface area (Å²) in [6.07, 6.45) is 2.28. The first-order chi connectivity index (χ1) is 14.3. The molecule has 1 atom stereocenters. The van der Waals surface area contributed by atoms with E-state index in [1.807, 2.05) is 52.0 Å². The van der Waals surface area contributed by atoms with Crippen molar-refractivity contribution in [1.82, 2.24) is 20.5 Å². The molecule has 0 aliphatic heterocycles. The average Bonchev–Trinajstić information content (AvgIpc) is 3.31. The van der Waals surface area contributed by atoms with E-state index >= 15 is 0 Å². The molecule has 2 heterocycles. The normalized spacial score (nSPS) is 12.0. The number of carbonyl (C=O) groups excluding carboxylic acids is 2.